The largest absolute Gasteiger partial charge is 0.353 e. The molecule has 2 aromatic rings. The van der Waals surface area contributed by atoms with Crippen molar-refractivity contribution < 1.29 is 0 Å². The number of hydrogen-bond acceptors (Lipinski definition) is 6. The Morgan fingerprint density at radius 2 is 2.18 bits per heavy atom. The minimum absolute atomic E-state index is 0.330. The highest BCUT2D eigenvalue weighted by Crippen LogP contribution is 2.17. The minimum atomic E-state index is 0.330. The van der Waals surface area contributed by atoms with E-state index in [1.807, 2.05) is 30.5 Å². The van der Waals surface area contributed by atoms with Crippen LogP contribution in [-0.4, -0.2) is 22.0 Å². The zero-order valence-electron chi connectivity index (χ0n) is 9.58. The van der Waals surface area contributed by atoms with Crippen molar-refractivity contribution in [2.24, 2.45) is 0 Å². The van der Waals surface area contributed by atoms with Crippen LogP contribution in [0.5, 0.6) is 0 Å². The van der Waals surface area contributed by atoms with Crippen molar-refractivity contribution in [1.82, 2.24) is 15.0 Å². The first-order valence-corrected chi connectivity index (χ1v) is 5.91. The highest BCUT2D eigenvalue weighted by molar-refractivity contribution is 7.09. The van der Waals surface area contributed by atoms with Crippen LogP contribution in [0.2, 0.25) is 0 Å². The smallest absolute Gasteiger partial charge is 0.158 e. The van der Waals surface area contributed by atoms with Gasteiger partial charge in [0.25, 0.3) is 0 Å². The van der Waals surface area contributed by atoms with Crippen LogP contribution in [0.4, 0.5) is 5.82 Å². The van der Waals surface area contributed by atoms with Gasteiger partial charge in [-0.3, -0.25) is 0 Å². The van der Waals surface area contributed by atoms with Gasteiger partial charge in [0.1, 0.15) is 11.9 Å². The van der Waals surface area contributed by atoms with E-state index in [9.17, 15) is 0 Å². The quantitative estimate of drug-likeness (QED) is 0.824. The van der Waals surface area contributed by atoms with Crippen LogP contribution >= 0.6 is 11.3 Å². The van der Waals surface area contributed by atoms with Gasteiger partial charge in [-0.15, -0.1) is 11.3 Å². The van der Waals surface area contributed by atoms with Crippen molar-refractivity contribution in [3.63, 3.8) is 0 Å². The van der Waals surface area contributed by atoms with Gasteiger partial charge in [-0.2, -0.15) is 5.26 Å². The van der Waals surface area contributed by atoms with E-state index in [-0.39, 0.29) is 0 Å². The van der Waals surface area contributed by atoms with Crippen LogP contribution in [0.1, 0.15) is 16.3 Å². The first-order chi connectivity index (χ1) is 8.20. The Balaban J connectivity index is 2.12. The van der Waals surface area contributed by atoms with E-state index in [2.05, 4.69) is 15.0 Å². The highest BCUT2D eigenvalue weighted by Gasteiger charge is 2.08. The predicted octanol–water partition coefficient (Wildman–Crippen LogP) is 1.75. The van der Waals surface area contributed by atoms with Gasteiger partial charge in [0.15, 0.2) is 5.69 Å². The maximum atomic E-state index is 8.64. The first kappa shape index (κ1) is 11.5. The standard InChI is InChI=1S/C11H11N5S/c1-8-10(17-7-15-8)6-16(2)11-5-13-9(3-12)4-14-11/h4-5,7H,6H2,1-2H3. The summed E-state index contributed by atoms with van der Waals surface area (Å²) in [7, 11) is 1.94. The molecule has 0 radical (unpaired) electrons. The Labute approximate surface area is 103 Å². The van der Waals surface area contributed by atoms with Gasteiger partial charge in [-0.1, -0.05) is 0 Å². The number of anilines is 1. The molecule has 5 nitrogen and oxygen atoms in total. The molecule has 86 valence electrons. The maximum Gasteiger partial charge on any atom is 0.158 e. The Morgan fingerprint density at radius 1 is 1.35 bits per heavy atom. The van der Waals surface area contributed by atoms with Crippen LogP contribution < -0.4 is 4.90 Å². The first-order valence-electron chi connectivity index (χ1n) is 5.03. The molecule has 2 aromatic heterocycles. The topological polar surface area (TPSA) is 65.7 Å². The fourth-order valence-electron chi connectivity index (χ4n) is 1.35. The Morgan fingerprint density at radius 3 is 2.71 bits per heavy atom. The third-order valence-corrected chi connectivity index (χ3v) is 3.29. The molecule has 0 N–H and O–H groups in total. The Hall–Kier alpha value is -2.00. The summed E-state index contributed by atoms with van der Waals surface area (Å²) in [5, 5.41) is 8.64. The van der Waals surface area contributed by atoms with E-state index < -0.39 is 0 Å². The maximum absolute atomic E-state index is 8.64. The van der Waals surface area contributed by atoms with Crippen molar-refractivity contribution in [2.75, 3.05) is 11.9 Å². The van der Waals surface area contributed by atoms with Gasteiger partial charge in [0, 0.05) is 11.9 Å². The third kappa shape index (κ3) is 2.57. The van der Waals surface area contributed by atoms with Gasteiger partial charge in [-0.05, 0) is 6.92 Å². The van der Waals surface area contributed by atoms with E-state index >= 15 is 0 Å². The van der Waals surface area contributed by atoms with E-state index in [4.69, 9.17) is 5.26 Å². The van der Waals surface area contributed by atoms with E-state index in [0.717, 1.165) is 18.1 Å². The molecule has 0 aliphatic rings. The number of hydrogen-bond donors (Lipinski definition) is 0. The number of aryl methyl sites for hydroxylation is 1. The molecule has 2 rings (SSSR count). The molecule has 2 heterocycles. The summed E-state index contributed by atoms with van der Waals surface area (Å²) in [6.07, 6.45) is 3.08. The van der Waals surface area contributed by atoms with Crippen LogP contribution in [0.3, 0.4) is 0 Å². The molecule has 0 unspecified atom stereocenters. The monoisotopic (exact) mass is 245 g/mol. The van der Waals surface area contributed by atoms with Gasteiger partial charge >= 0.3 is 0 Å². The second kappa shape index (κ2) is 4.89. The fraction of sp³-hybridized carbons (Fsp3) is 0.273. The lowest BCUT2D eigenvalue weighted by Crippen LogP contribution is -2.17. The third-order valence-electron chi connectivity index (χ3n) is 2.37. The Bertz CT molecular complexity index is 540. The summed E-state index contributed by atoms with van der Waals surface area (Å²) in [4.78, 5) is 15.6. The lowest BCUT2D eigenvalue weighted by atomic mass is 10.3. The zero-order valence-corrected chi connectivity index (χ0v) is 10.4. The molecule has 0 spiro atoms. The molecule has 0 amide bonds. The zero-order chi connectivity index (χ0) is 12.3. The van der Waals surface area contributed by atoms with E-state index in [0.29, 0.717) is 5.69 Å². The summed E-state index contributed by atoms with van der Waals surface area (Å²) in [6, 6.07) is 1.95. The van der Waals surface area contributed by atoms with Crippen molar-refractivity contribution in [2.45, 2.75) is 13.5 Å². The summed E-state index contributed by atoms with van der Waals surface area (Å²) in [6.45, 7) is 2.74. The van der Waals surface area contributed by atoms with Gasteiger partial charge in [-0.25, -0.2) is 15.0 Å². The van der Waals surface area contributed by atoms with Crippen LogP contribution in [-0.2, 0) is 6.54 Å². The molecule has 17 heavy (non-hydrogen) atoms. The summed E-state index contributed by atoms with van der Waals surface area (Å²) in [5.41, 5.74) is 3.21. The molecule has 6 heteroatoms. The molecule has 0 saturated carbocycles. The SMILES string of the molecule is Cc1ncsc1CN(C)c1cnc(C#N)cn1. The van der Waals surface area contributed by atoms with Crippen LogP contribution in [0.15, 0.2) is 17.9 Å². The molecule has 0 aliphatic heterocycles. The summed E-state index contributed by atoms with van der Waals surface area (Å²) in [5.74, 6) is 0.747. The second-order valence-electron chi connectivity index (χ2n) is 3.59. The van der Waals surface area contributed by atoms with Crippen LogP contribution in [0.25, 0.3) is 0 Å². The number of thiazole rings is 1. The molecule has 0 aliphatic carbocycles. The van der Waals surface area contributed by atoms with Crippen molar-refractivity contribution in [3.8, 4) is 6.07 Å². The molecule has 0 fully saturated rings. The van der Waals surface area contributed by atoms with Crippen LogP contribution in [0, 0.1) is 18.3 Å². The highest BCUT2D eigenvalue weighted by atomic mass is 32.1. The molecular weight excluding hydrogens is 234 g/mol. The van der Waals surface area contributed by atoms with Crippen molar-refractivity contribution in [1.29, 1.82) is 5.26 Å². The van der Waals surface area contributed by atoms with Gasteiger partial charge in [0.05, 0.1) is 30.1 Å². The summed E-state index contributed by atoms with van der Waals surface area (Å²) >= 11 is 1.63. The van der Waals surface area contributed by atoms with Crippen molar-refractivity contribution >= 4 is 17.2 Å². The van der Waals surface area contributed by atoms with Gasteiger partial charge in [0.2, 0.25) is 0 Å². The molecule has 0 saturated heterocycles. The lowest BCUT2D eigenvalue weighted by molar-refractivity contribution is 0.891. The van der Waals surface area contributed by atoms with E-state index in [1.54, 1.807) is 17.5 Å². The molecule has 0 atom stereocenters. The minimum Gasteiger partial charge on any atom is -0.353 e. The molecule has 0 bridgehead atoms. The molecular formula is C11H11N5S. The average molecular weight is 245 g/mol. The Kier molecular flexibility index (Phi) is 3.30. The summed E-state index contributed by atoms with van der Waals surface area (Å²) < 4.78 is 0. The second-order valence-corrected chi connectivity index (χ2v) is 4.53. The normalized spacial score (nSPS) is 9.94. The van der Waals surface area contributed by atoms with E-state index in [1.165, 1.54) is 11.1 Å². The molecule has 0 aromatic carbocycles. The van der Waals surface area contributed by atoms with Crippen molar-refractivity contribution in [3.05, 3.63) is 34.2 Å². The number of nitrogens with zero attached hydrogens (tertiary/aromatic N) is 5. The lowest BCUT2D eigenvalue weighted by Gasteiger charge is -2.16. The average Bonchev–Trinajstić information content (AvgIpc) is 2.75. The van der Waals surface area contributed by atoms with Gasteiger partial charge < -0.3 is 4.90 Å². The fourth-order valence-corrected chi connectivity index (χ4v) is 2.18. The number of aromatic nitrogens is 3. The number of rotatable bonds is 3. The predicted molar refractivity (Wildman–Crippen MR) is 65.7 cm³/mol. The number of nitriles is 1.